The van der Waals surface area contributed by atoms with Gasteiger partial charge in [0.05, 0.1) is 0 Å². The molecule has 3 unspecified atom stereocenters. The lowest BCUT2D eigenvalue weighted by atomic mass is 9.83. The van der Waals surface area contributed by atoms with Gasteiger partial charge >= 0.3 is 0 Å². The van der Waals surface area contributed by atoms with E-state index in [0.29, 0.717) is 11.4 Å². The smallest absolute Gasteiger partial charge is 0.254 e. The third-order valence-electron chi connectivity index (χ3n) is 4.22. The average Bonchev–Trinajstić information content (AvgIpc) is 2.70. The molecule has 0 radical (unpaired) electrons. The molecule has 2 aliphatic heterocycles. The Morgan fingerprint density at radius 2 is 2.06 bits per heavy atom. The zero-order valence-corrected chi connectivity index (χ0v) is 10.8. The first kappa shape index (κ1) is 12.4. The van der Waals surface area contributed by atoms with Crippen LogP contribution in [-0.4, -0.2) is 18.0 Å². The highest BCUT2D eigenvalue weighted by Crippen LogP contribution is 2.44. The van der Waals surface area contributed by atoms with Gasteiger partial charge in [-0.2, -0.15) is 0 Å². The number of alkyl halides is 2. The van der Waals surface area contributed by atoms with E-state index in [-0.39, 0.29) is 18.5 Å². The predicted molar refractivity (Wildman–Crippen MR) is 68.2 cm³/mol. The van der Waals surface area contributed by atoms with E-state index in [4.69, 9.17) is 11.6 Å². The molecule has 0 saturated carbocycles. The van der Waals surface area contributed by atoms with Gasteiger partial charge in [-0.25, -0.2) is 8.78 Å². The summed E-state index contributed by atoms with van der Waals surface area (Å²) in [5.41, 5.74) is 0.830. The van der Waals surface area contributed by atoms with E-state index >= 15 is 0 Å². The van der Waals surface area contributed by atoms with Crippen LogP contribution in [0, 0.1) is 5.92 Å². The third-order valence-corrected chi connectivity index (χ3v) is 4.59. The quantitative estimate of drug-likeness (QED) is 0.866. The standard InChI is InChI=1S/C14H16ClF2N/c15-12-4-2-1-3-9(12)7-11-13-6-5-10(18-13)8-14(11,16)17/h1-4,10-11,13,18H,5-8H2. The molecule has 4 heteroatoms. The van der Waals surface area contributed by atoms with E-state index in [1.54, 1.807) is 6.07 Å². The van der Waals surface area contributed by atoms with Crippen LogP contribution in [0.15, 0.2) is 24.3 Å². The second-order valence-corrected chi connectivity index (χ2v) is 5.82. The van der Waals surface area contributed by atoms with Gasteiger partial charge in [0.15, 0.2) is 0 Å². The van der Waals surface area contributed by atoms with Gasteiger partial charge in [0.2, 0.25) is 0 Å². The van der Waals surface area contributed by atoms with Crippen LogP contribution in [0.3, 0.4) is 0 Å². The molecule has 2 saturated heterocycles. The molecule has 3 atom stereocenters. The highest BCUT2D eigenvalue weighted by molar-refractivity contribution is 6.31. The Morgan fingerprint density at radius 3 is 2.83 bits per heavy atom. The van der Waals surface area contributed by atoms with Crippen LogP contribution in [0.4, 0.5) is 8.78 Å². The fourth-order valence-electron chi connectivity index (χ4n) is 3.30. The Hall–Kier alpha value is -0.670. The summed E-state index contributed by atoms with van der Waals surface area (Å²) in [6.07, 6.45) is 2.06. The Morgan fingerprint density at radius 1 is 1.28 bits per heavy atom. The molecule has 0 amide bonds. The lowest BCUT2D eigenvalue weighted by molar-refractivity contribution is -0.0954. The second kappa shape index (κ2) is 4.46. The molecule has 0 aromatic heterocycles. The van der Waals surface area contributed by atoms with Crippen molar-refractivity contribution < 1.29 is 8.78 Å². The van der Waals surface area contributed by atoms with E-state index in [1.165, 1.54) is 0 Å². The number of benzene rings is 1. The van der Waals surface area contributed by atoms with Gasteiger partial charge in [-0.3, -0.25) is 0 Å². The SMILES string of the molecule is FC1(F)CC2CCC(N2)C1Cc1ccccc1Cl. The van der Waals surface area contributed by atoms with Crippen LogP contribution in [0.5, 0.6) is 0 Å². The number of hydrogen-bond donors (Lipinski definition) is 1. The topological polar surface area (TPSA) is 12.0 Å². The number of hydrogen-bond acceptors (Lipinski definition) is 1. The first-order valence-corrected chi connectivity index (χ1v) is 6.81. The van der Waals surface area contributed by atoms with Crippen molar-refractivity contribution in [3.8, 4) is 0 Å². The summed E-state index contributed by atoms with van der Waals surface area (Å²) >= 11 is 6.07. The van der Waals surface area contributed by atoms with E-state index in [1.807, 2.05) is 18.2 Å². The van der Waals surface area contributed by atoms with Crippen molar-refractivity contribution in [2.45, 2.75) is 43.7 Å². The van der Waals surface area contributed by atoms with Crippen LogP contribution in [0.1, 0.15) is 24.8 Å². The summed E-state index contributed by atoms with van der Waals surface area (Å²) in [5.74, 6) is -3.20. The molecule has 1 aromatic rings. The Balaban J connectivity index is 1.84. The predicted octanol–water partition coefficient (Wildman–Crippen LogP) is 3.66. The fraction of sp³-hybridized carbons (Fsp3) is 0.571. The van der Waals surface area contributed by atoms with Crippen LogP contribution in [0.2, 0.25) is 5.02 Å². The van der Waals surface area contributed by atoms with Crippen LogP contribution < -0.4 is 5.32 Å². The Bertz CT molecular complexity index is 449. The maximum atomic E-state index is 14.1. The minimum absolute atomic E-state index is 0.00694. The van der Waals surface area contributed by atoms with Gasteiger partial charge in [-0.1, -0.05) is 29.8 Å². The molecule has 3 rings (SSSR count). The molecule has 18 heavy (non-hydrogen) atoms. The van der Waals surface area contributed by atoms with Crippen molar-refractivity contribution in [2.75, 3.05) is 0 Å². The van der Waals surface area contributed by atoms with Gasteiger partial charge in [0.25, 0.3) is 5.92 Å². The molecule has 2 bridgehead atoms. The number of piperidine rings is 1. The molecular formula is C14H16ClF2N. The van der Waals surface area contributed by atoms with Crippen molar-refractivity contribution in [1.29, 1.82) is 0 Å². The summed E-state index contributed by atoms with van der Waals surface area (Å²) in [6, 6.07) is 7.24. The fourth-order valence-corrected chi connectivity index (χ4v) is 3.51. The van der Waals surface area contributed by atoms with E-state index in [2.05, 4.69) is 5.32 Å². The van der Waals surface area contributed by atoms with Gasteiger partial charge in [0, 0.05) is 29.4 Å². The molecule has 98 valence electrons. The molecule has 2 aliphatic rings. The van der Waals surface area contributed by atoms with E-state index in [0.717, 1.165) is 18.4 Å². The monoisotopic (exact) mass is 271 g/mol. The Labute approximate surface area is 111 Å². The molecule has 0 spiro atoms. The summed E-state index contributed by atoms with van der Waals surface area (Å²) in [6.45, 7) is 0. The van der Waals surface area contributed by atoms with E-state index in [9.17, 15) is 8.78 Å². The first-order valence-electron chi connectivity index (χ1n) is 6.43. The van der Waals surface area contributed by atoms with Crippen molar-refractivity contribution in [2.24, 2.45) is 5.92 Å². The summed E-state index contributed by atoms with van der Waals surface area (Å²) in [5, 5.41) is 3.90. The van der Waals surface area contributed by atoms with Crippen molar-refractivity contribution >= 4 is 11.6 Å². The van der Waals surface area contributed by atoms with E-state index < -0.39 is 11.8 Å². The van der Waals surface area contributed by atoms with Crippen LogP contribution >= 0.6 is 11.6 Å². The number of nitrogens with one attached hydrogen (secondary N) is 1. The zero-order valence-electron chi connectivity index (χ0n) is 10.0. The number of halogens is 3. The summed E-state index contributed by atoms with van der Waals surface area (Å²) in [4.78, 5) is 0. The molecule has 0 aliphatic carbocycles. The number of rotatable bonds is 2. The lowest BCUT2D eigenvalue weighted by Crippen LogP contribution is -2.52. The second-order valence-electron chi connectivity index (χ2n) is 5.41. The van der Waals surface area contributed by atoms with Gasteiger partial charge in [-0.15, -0.1) is 0 Å². The largest absolute Gasteiger partial charge is 0.310 e. The highest BCUT2D eigenvalue weighted by atomic mass is 35.5. The minimum Gasteiger partial charge on any atom is -0.310 e. The maximum Gasteiger partial charge on any atom is 0.254 e. The molecule has 1 nitrogen and oxygen atoms in total. The van der Waals surface area contributed by atoms with Crippen LogP contribution in [-0.2, 0) is 6.42 Å². The normalized spacial score (nSPS) is 33.6. The van der Waals surface area contributed by atoms with Crippen LogP contribution in [0.25, 0.3) is 0 Å². The minimum atomic E-state index is -2.57. The molecule has 1 aromatic carbocycles. The first-order chi connectivity index (χ1) is 8.56. The zero-order chi connectivity index (χ0) is 12.8. The summed E-state index contributed by atoms with van der Waals surface area (Å²) in [7, 11) is 0. The number of fused-ring (bicyclic) bond motifs is 2. The third kappa shape index (κ3) is 2.14. The Kier molecular flexibility index (Phi) is 3.07. The van der Waals surface area contributed by atoms with Crippen molar-refractivity contribution in [3.05, 3.63) is 34.9 Å². The summed E-state index contributed by atoms with van der Waals surface area (Å²) < 4.78 is 28.3. The molecule has 2 heterocycles. The lowest BCUT2D eigenvalue weighted by Gasteiger charge is -2.37. The average molecular weight is 272 g/mol. The van der Waals surface area contributed by atoms with Gasteiger partial charge in [0.1, 0.15) is 0 Å². The molecular weight excluding hydrogens is 256 g/mol. The molecule has 1 N–H and O–H groups in total. The van der Waals surface area contributed by atoms with Gasteiger partial charge < -0.3 is 5.32 Å². The molecule has 2 fully saturated rings. The highest BCUT2D eigenvalue weighted by Gasteiger charge is 2.52. The maximum absolute atomic E-state index is 14.1. The van der Waals surface area contributed by atoms with Crippen molar-refractivity contribution in [1.82, 2.24) is 5.32 Å². The van der Waals surface area contributed by atoms with Crippen molar-refractivity contribution in [3.63, 3.8) is 0 Å². The van der Waals surface area contributed by atoms with Gasteiger partial charge in [-0.05, 0) is 30.9 Å².